The zero-order valence-electron chi connectivity index (χ0n) is 9.66. The van der Waals surface area contributed by atoms with Crippen molar-refractivity contribution in [2.75, 3.05) is 18.0 Å². The number of benzene rings is 1. The third-order valence-corrected chi connectivity index (χ3v) is 2.92. The highest BCUT2D eigenvalue weighted by molar-refractivity contribution is 5.89. The Bertz CT molecular complexity index is 479. The van der Waals surface area contributed by atoms with E-state index in [1.54, 1.807) is 4.90 Å². The fourth-order valence-electron chi connectivity index (χ4n) is 1.99. The minimum absolute atomic E-state index is 0.320. The number of halogens is 3. The molecule has 0 aliphatic carbocycles. The number of nitrogens with zero attached hydrogens (tertiary/aromatic N) is 1. The number of hydrogen-bond acceptors (Lipinski definition) is 2. The Morgan fingerprint density at radius 1 is 1.33 bits per heavy atom. The molecule has 0 unspecified atom stereocenters. The molecule has 0 radical (unpaired) electrons. The monoisotopic (exact) mass is 259 g/mol. The molecule has 1 aliphatic heterocycles. The van der Waals surface area contributed by atoms with Crippen molar-refractivity contribution in [1.82, 2.24) is 0 Å². The number of alkyl halides is 3. The molecule has 1 heterocycles. The summed E-state index contributed by atoms with van der Waals surface area (Å²) < 4.78 is 38.0. The number of aromatic carboxylic acids is 1. The second-order valence-corrected chi connectivity index (χ2v) is 4.58. The number of carbonyl (C=O) groups is 1. The molecular formula is C12H12F3NO2. The smallest absolute Gasteiger partial charge is 0.416 e. The lowest BCUT2D eigenvalue weighted by molar-refractivity contribution is -0.137. The molecule has 0 spiro atoms. The first-order chi connectivity index (χ1) is 8.27. The van der Waals surface area contributed by atoms with Crippen LogP contribution in [0.5, 0.6) is 0 Å². The fourth-order valence-corrected chi connectivity index (χ4v) is 1.99. The first-order valence-electron chi connectivity index (χ1n) is 5.48. The minimum Gasteiger partial charge on any atom is -0.478 e. The van der Waals surface area contributed by atoms with Gasteiger partial charge in [0.05, 0.1) is 11.1 Å². The van der Waals surface area contributed by atoms with Gasteiger partial charge in [0.1, 0.15) is 0 Å². The number of rotatable bonds is 2. The topological polar surface area (TPSA) is 40.5 Å². The average Bonchev–Trinajstić information content (AvgIpc) is 2.23. The highest BCUT2D eigenvalue weighted by Gasteiger charge is 2.33. The Labute approximate surface area is 102 Å². The van der Waals surface area contributed by atoms with Crippen molar-refractivity contribution in [1.29, 1.82) is 0 Å². The Balaban J connectivity index is 2.40. The quantitative estimate of drug-likeness (QED) is 0.887. The Morgan fingerprint density at radius 2 is 1.94 bits per heavy atom. The van der Waals surface area contributed by atoms with Gasteiger partial charge in [0.15, 0.2) is 0 Å². The Kier molecular flexibility index (Phi) is 2.96. The maximum absolute atomic E-state index is 12.7. The molecule has 18 heavy (non-hydrogen) atoms. The van der Waals surface area contributed by atoms with Crippen molar-refractivity contribution in [3.05, 3.63) is 29.3 Å². The lowest BCUT2D eigenvalue weighted by Crippen LogP contribution is -2.45. The van der Waals surface area contributed by atoms with Gasteiger partial charge in [-0.2, -0.15) is 13.2 Å². The molecule has 98 valence electrons. The normalized spacial score (nSPS) is 16.6. The molecule has 3 nitrogen and oxygen atoms in total. The van der Waals surface area contributed by atoms with Crippen LogP contribution in [0.25, 0.3) is 0 Å². The van der Waals surface area contributed by atoms with Gasteiger partial charge in [-0.3, -0.25) is 0 Å². The predicted molar refractivity (Wildman–Crippen MR) is 59.8 cm³/mol. The van der Waals surface area contributed by atoms with Crippen molar-refractivity contribution in [2.45, 2.75) is 13.1 Å². The largest absolute Gasteiger partial charge is 0.478 e. The number of hydrogen-bond donors (Lipinski definition) is 1. The minimum atomic E-state index is -4.53. The van der Waals surface area contributed by atoms with Gasteiger partial charge in [0.2, 0.25) is 0 Å². The maximum Gasteiger partial charge on any atom is 0.416 e. The summed E-state index contributed by atoms with van der Waals surface area (Å²) in [7, 11) is 0. The lowest BCUT2D eigenvalue weighted by Gasteiger charge is -2.39. The molecule has 0 amide bonds. The van der Waals surface area contributed by atoms with E-state index in [2.05, 4.69) is 0 Å². The van der Waals surface area contributed by atoms with E-state index in [0.29, 0.717) is 30.8 Å². The van der Waals surface area contributed by atoms with Crippen molar-refractivity contribution in [3.63, 3.8) is 0 Å². The van der Waals surface area contributed by atoms with Crippen LogP contribution in [0.15, 0.2) is 18.2 Å². The molecule has 1 N–H and O–H groups in total. The van der Waals surface area contributed by atoms with E-state index in [1.807, 2.05) is 6.92 Å². The summed E-state index contributed by atoms with van der Waals surface area (Å²) >= 11 is 0. The van der Waals surface area contributed by atoms with Gasteiger partial charge in [0.25, 0.3) is 0 Å². The highest BCUT2D eigenvalue weighted by Crippen LogP contribution is 2.34. The van der Waals surface area contributed by atoms with Crippen molar-refractivity contribution >= 4 is 11.7 Å². The van der Waals surface area contributed by atoms with Crippen LogP contribution in [0.3, 0.4) is 0 Å². The summed E-state index contributed by atoms with van der Waals surface area (Å²) in [4.78, 5) is 12.6. The molecule has 1 fully saturated rings. The summed E-state index contributed by atoms with van der Waals surface area (Å²) in [6, 6.07) is 2.94. The molecule has 2 rings (SSSR count). The first kappa shape index (κ1) is 12.7. The third-order valence-electron chi connectivity index (χ3n) is 2.92. The Morgan fingerprint density at radius 3 is 2.39 bits per heavy atom. The molecule has 1 aromatic carbocycles. The van der Waals surface area contributed by atoms with Gasteiger partial charge in [-0.05, 0) is 24.1 Å². The number of anilines is 1. The van der Waals surface area contributed by atoms with Crippen LogP contribution in [0.1, 0.15) is 22.8 Å². The van der Waals surface area contributed by atoms with Gasteiger partial charge in [-0.15, -0.1) is 0 Å². The standard InChI is InChI=1S/C12H12F3NO2/c1-7-5-16(6-7)10-3-8(11(17)18)2-9(4-10)12(13,14)15/h2-4,7H,5-6H2,1H3,(H,17,18). The summed E-state index contributed by atoms with van der Waals surface area (Å²) in [6.45, 7) is 3.29. The average molecular weight is 259 g/mol. The third kappa shape index (κ3) is 2.42. The van der Waals surface area contributed by atoms with Gasteiger partial charge in [-0.25, -0.2) is 4.79 Å². The molecule has 1 aromatic rings. The lowest BCUT2D eigenvalue weighted by atomic mass is 10.00. The number of carboxylic acid groups (broad SMARTS) is 1. The molecule has 0 bridgehead atoms. The van der Waals surface area contributed by atoms with E-state index in [-0.39, 0.29) is 5.56 Å². The SMILES string of the molecule is CC1CN(c2cc(C(=O)O)cc(C(F)(F)F)c2)C1. The predicted octanol–water partition coefficient (Wildman–Crippen LogP) is 2.86. The van der Waals surface area contributed by atoms with Crippen LogP contribution in [-0.2, 0) is 6.18 Å². The zero-order chi connectivity index (χ0) is 13.5. The van der Waals surface area contributed by atoms with Crippen LogP contribution >= 0.6 is 0 Å². The molecule has 1 saturated heterocycles. The highest BCUT2D eigenvalue weighted by atomic mass is 19.4. The summed E-state index contributed by atoms with van der Waals surface area (Å²) in [5.74, 6) is -0.927. The van der Waals surface area contributed by atoms with Crippen LogP contribution in [0, 0.1) is 5.92 Å². The molecular weight excluding hydrogens is 247 g/mol. The van der Waals surface area contributed by atoms with Gasteiger partial charge in [0, 0.05) is 18.8 Å². The van der Waals surface area contributed by atoms with E-state index in [1.165, 1.54) is 6.07 Å². The summed E-state index contributed by atoms with van der Waals surface area (Å²) in [6.07, 6.45) is -4.53. The molecule has 0 aromatic heterocycles. The zero-order valence-corrected chi connectivity index (χ0v) is 9.66. The first-order valence-corrected chi connectivity index (χ1v) is 5.48. The van der Waals surface area contributed by atoms with Crippen molar-refractivity contribution in [3.8, 4) is 0 Å². The Hall–Kier alpha value is -1.72. The molecule has 0 saturated carbocycles. The van der Waals surface area contributed by atoms with Crippen molar-refractivity contribution < 1.29 is 23.1 Å². The van der Waals surface area contributed by atoms with E-state index in [0.717, 1.165) is 6.07 Å². The summed E-state index contributed by atoms with van der Waals surface area (Å²) in [5, 5.41) is 8.84. The van der Waals surface area contributed by atoms with Gasteiger partial charge in [-0.1, -0.05) is 6.92 Å². The van der Waals surface area contributed by atoms with Crippen LogP contribution in [0.2, 0.25) is 0 Å². The van der Waals surface area contributed by atoms with Gasteiger partial charge < -0.3 is 10.0 Å². The second-order valence-electron chi connectivity index (χ2n) is 4.58. The van der Waals surface area contributed by atoms with Crippen molar-refractivity contribution in [2.24, 2.45) is 5.92 Å². The van der Waals surface area contributed by atoms with Crippen LogP contribution in [-0.4, -0.2) is 24.2 Å². The molecule has 1 aliphatic rings. The van der Waals surface area contributed by atoms with E-state index in [4.69, 9.17) is 5.11 Å². The fraction of sp³-hybridized carbons (Fsp3) is 0.417. The summed E-state index contributed by atoms with van der Waals surface area (Å²) in [5.41, 5.74) is -0.934. The van der Waals surface area contributed by atoms with E-state index in [9.17, 15) is 18.0 Å². The molecule has 0 atom stereocenters. The maximum atomic E-state index is 12.7. The second kappa shape index (κ2) is 4.19. The molecule has 6 heteroatoms. The van der Waals surface area contributed by atoms with E-state index >= 15 is 0 Å². The number of carboxylic acids is 1. The van der Waals surface area contributed by atoms with Gasteiger partial charge >= 0.3 is 12.1 Å². The van der Waals surface area contributed by atoms with E-state index < -0.39 is 17.7 Å². The van der Waals surface area contributed by atoms with Crippen LogP contribution in [0.4, 0.5) is 18.9 Å². The van der Waals surface area contributed by atoms with Crippen LogP contribution < -0.4 is 4.90 Å².